The summed E-state index contributed by atoms with van der Waals surface area (Å²) in [4.78, 5) is 26.0. The van der Waals surface area contributed by atoms with Crippen LogP contribution in [-0.4, -0.2) is 25.5 Å². The van der Waals surface area contributed by atoms with Gasteiger partial charge in [0.25, 0.3) is 5.56 Å². The molecule has 0 radical (unpaired) electrons. The average molecular weight is 405 g/mol. The Bertz CT molecular complexity index is 1240. The van der Waals surface area contributed by atoms with Gasteiger partial charge in [0, 0.05) is 0 Å². The van der Waals surface area contributed by atoms with Crippen molar-refractivity contribution < 1.29 is 9.21 Å². The number of aromatic nitrogens is 4. The first kappa shape index (κ1) is 19.6. The smallest absolute Gasteiger partial charge is 0.295 e. The summed E-state index contributed by atoms with van der Waals surface area (Å²) in [7, 11) is 0. The predicted molar refractivity (Wildman–Crippen MR) is 112 cm³/mol. The Morgan fingerprint density at radius 2 is 1.90 bits per heavy atom. The summed E-state index contributed by atoms with van der Waals surface area (Å²) in [5, 5.41) is 12.6. The van der Waals surface area contributed by atoms with Gasteiger partial charge in [0.05, 0.1) is 35.3 Å². The average Bonchev–Trinajstić information content (AvgIpc) is 3.39. The van der Waals surface area contributed by atoms with E-state index in [4.69, 9.17) is 4.42 Å². The first-order valence-corrected chi connectivity index (χ1v) is 9.85. The van der Waals surface area contributed by atoms with Crippen LogP contribution in [0.5, 0.6) is 0 Å². The van der Waals surface area contributed by atoms with E-state index in [1.165, 1.54) is 4.68 Å². The Hall–Kier alpha value is -3.68. The Morgan fingerprint density at radius 3 is 2.57 bits per heavy atom. The molecule has 1 aromatic carbocycles. The number of furan rings is 1. The number of aryl methyl sites for hydroxylation is 2. The Balaban J connectivity index is 1.74. The Labute approximate surface area is 173 Å². The highest BCUT2D eigenvalue weighted by molar-refractivity contribution is 5.84. The zero-order chi connectivity index (χ0) is 21.3. The van der Waals surface area contributed by atoms with E-state index in [0.29, 0.717) is 28.8 Å². The van der Waals surface area contributed by atoms with Gasteiger partial charge in [0.1, 0.15) is 11.8 Å². The van der Waals surface area contributed by atoms with Crippen molar-refractivity contribution >= 4 is 16.8 Å². The number of rotatable bonds is 6. The van der Waals surface area contributed by atoms with Gasteiger partial charge in [-0.2, -0.15) is 10.2 Å². The molecule has 3 aromatic heterocycles. The van der Waals surface area contributed by atoms with Crippen LogP contribution in [0, 0.1) is 13.8 Å². The van der Waals surface area contributed by atoms with Crippen molar-refractivity contribution in [3.63, 3.8) is 0 Å². The lowest BCUT2D eigenvalue weighted by molar-refractivity contribution is -0.125. The van der Waals surface area contributed by atoms with Gasteiger partial charge in [0.2, 0.25) is 5.91 Å². The van der Waals surface area contributed by atoms with Crippen LogP contribution in [0.4, 0.5) is 0 Å². The molecule has 1 atom stereocenters. The maximum atomic E-state index is 13.2. The summed E-state index contributed by atoms with van der Waals surface area (Å²) < 4.78 is 8.24. The molecular weight excluding hydrogens is 382 g/mol. The van der Waals surface area contributed by atoms with Gasteiger partial charge in [-0.25, -0.2) is 9.36 Å². The number of para-hydroxylation sites is 1. The standard InChI is InChI=1S/C22H23N5O3/c1-4-18(21(28)23-13-17-11-8-12-30-17)27-22(29)20-19(14(2)24-27)15(3)26(25-20)16-9-6-5-7-10-16/h5-12,18H,4,13H2,1-3H3,(H,23,28)/t18-/m0/s1. The van der Waals surface area contributed by atoms with E-state index < -0.39 is 6.04 Å². The van der Waals surface area contributed by atoms with Crippen LogP contribution in [0.3, 0.4) is 0 Å². The number of hydrogen-bond acceptors (Lipinski definition) is 5. The maximum absolute atomic E-state index is 13.2. The molecule has 0 aliphatic heterocycles. The van der Waals surface area contributed by atoms with Crippen LogP contribution in [-0.2, 0) is 11.3 Å². The van der Waals surface area contributed by atoms with Crippen LogP contribution in [0.1, 0.15) is 36.5 Å². The number of benzene rings is 1. The van der Waals surface area contributed by atoms with Crippen LogP contribution in [0.25, 0.3) is 16.6 Å². The highest BCUT2D eigenvalue weighted by atomic mass is 16.3. The Kier molecular flexibility index (Phi) is 5.22. The quantitative estimate of drug-likeness (QED) is 0.532. The van der Waals surface area contributed by atoms with E-state index in [1.807, 2.05) is 51.1 Å². The minimum atomic E-state index is -0.738. The number of amides is 1. The number of carbonyl (C=O) groups is 1. The molecule has 1 N–H and O–H groups in total. The first-order chi connectivity index (χ1) is 14.5. The lowest BCUT2D eigenvalue weighted by atomic mass is 10.2. The van der Waals surface area contributed by atoms with Crippen molar-refractivity contribution in [2.24, 2.45) is 0 Å². The molecule has 30 heavy (non-hydrogen) atoms. The monoisotopic (exact) mass is 405 g/mol. The molecule has 154 valence electrons. The minimum absolute atomic E-state index is 0.250. The molecule has 3 heterocycles. The van der Waals surface area contributed by atoms with E-state index in [9.17, 15) is 9.59 Å². The van der Waals surface area contributed by atoms with Crippen molar-refractivity contribution in [1.29, 1.82) is 0 Å². The summed E-state index contributed by atoms with van der Waals surface area (Å²) >= 11 is 0. The van der Waals surface area contributed by atoms with Gasteiger partial charge in [-0.05, 0) is 44.5 Å². The molecule has 0 spiro atoms. The van der Waals surface area contributed by atoms with E-state index in [2.05, 4.69) is 15.5 Å². The van der Waals surface area contributed by atoms with E-state index in [-0.39, 0.29) is 18.0 Å². The number of carbonyl (C=O) groups excluding carboxylic acids is 1. The van der Waals surface area contributed by atoms with Gasteiger partial charge in [-0.3, -0.25) is 9.59 Å². The number of fused-ring (bicyclic) bond motifs is 1. The summed E-state index contributed by atoms with van der Waals surface area (Å²) in [5.74, 6) is 0.351. The summed E-state index contributed by atoms with van der Waals surface area (Å²) in [6.45, 7) is 5.84. The minimum Gasteiger partial charge on any atom is -0.467 e. The van der Waals surface area contributed by atoms with Gasteiger partial charge in [0.15, 0.2) is 5.52 Å². The summed E-state index contributed by atoms with van der Waals surface area (Å²) in [5.41, 5.74) is 2.27. The molecule has 0 fully saturated rings. The van der Waals surface area contributed by atoms with E-state index in [1.54, 1.807) is 23.1 Å². The SMILES string of the molecule is CC[C@@H](C(=O)NCc1ccco1)n1nc(C)c2c(C)n(-c3ccccc3)nc2c1=O. The lowest BCUT2D eigenvalue weighted by Gasteiger charge is -2.17. The highest BCUT2D eigenvalue weighted by Gasteiger charge is 2.25. The fraction of sp³-hybridized carbons (Fsp3) is 0.273. The van der Waals surface area contributed by atoms with Crippen LogP contribution in [0.2, 0.25) is 0 Å². The number of nitrogens with zero attached hydrogens (tertiary/aromatic N) is 4. The summed E-state index contributed by atoms with van der Waals surface area (Å²) in [6, 6.07) is 12.4. The molecule has 0 bridgehead atoms. The topological polar surface area (TPSA) is 95.0 Å². The molecule has 1 amide bonds. The fourth-order valence-corrected chi connectivity index (χ4v) is 3.66. The van der Waals surface area contributed by atoms with E-state index in [0.717, 1.165) is 11.4 Å². The molecule has 0 saturated carbocycles. The van der Waals surface area contributed by atoms with Crippen molar-refractivity contribution in [1.82, 2.24) is 24.9 Å². The maximum Gasteiger partial charge on any atom is 0.295 e. The predicted octanol–water partition coefficient (Wildman–Crippen LogP) is 3.06. The third-order valence-corrected chi connectivity index (χ3v) is 5.15. The third-order valence-electron chi connectivity index (χ3n) is 5.15. The zero-order valence-corrected chi connectivity index (χ0v) is 17.1. The molecule has 0 aliphatic rings. The molecule has 0 saturated heterocycles. The zero-order valence-electron chi connectivity index (χ0n) is 17.1. The van der Waals surface area contributed by atoms with Crippen LogP contribution in [0.15, 0.2) is 57.9 Å². The first-order valence-electron chi connectivity index (χ1n) is 9.85. The van der Waals surface area contributed by atoms with Gasteiger partial charge >= 0.3 is 0 Å². The van der Waals surface area contributed by atoms with Gasteiger partial charge < -0.3 is 9.73 Å². The second-order valence-corrected chi connectivity index (χ2v) is 7.11. The van der Waals surface area contributed by atoms with Gasteiger partial charge in [-0.1, -0.05) is 25.1 Å². The number of hydrogen-bond donors (Lipinski definition) is 1. The van der Waals surface area contributed by atoms with Gasteiger partial charge in [-0.15, -0.1) is 0 Å². The molecule has 4 aromatic rings. The molecule has 0 aliphatic carbocycles. The molecular formula is C22H23N5O3. The van der Waals surface area contributed by atoms with Crippen molar-refractivity contribution in [2.45, 2.75) is 39.8 Å². The highest BCUT2D eigenvalue weighted by Crippen LogP contribution is 2.22. The number of nitrogens with one attached hydrogen (secondary N) is 1. The second kappa shape index (κ2) is 7.98. The lowest BCUT2D eigenvalue weighted by Crippen LogP contribution is -2.38. The molecule has 4 rings (SSSR count). The molecule has 8 nitrogen and oxygen atoms in total. The summed E-state index contributed by atoms with van der Waals surface area (Å²) in [6.07, 6.45) is 1.97. The van der Waals surface area contributed by atoms with Crippen LogP contribution >= 0.6 is 0 Å². The van der Waals surface area contributed by atoms with Crippen LogP contribution < -0.4 is 10.9 Å². The molecule has 8 heteroatoms. The fourth-order valence-electron chi connectivity index (χ4n) is 3.66. The Morgan fingerprint density at radius 1 is 1.13 bits per heavy atom. The van der Waals surface area contributed by atoms with Crippen molar-refractivity contribution in [3.05, 3.63) is 76.2 Å². The molecule has 0 unspecified atom stereocenters. The van der Waals surface area contributed by atoms with Crippen molar-refractivity contribution in [2.75, 3.05) is 0 Å². The largest absolute Gasteiger partial charge is 0.467 e. The second-order valence-electron chi connectivity index (χ2n) is 7.11. The third kappa shape index (κ3) is 3.41. The van der Waals surface area contributed by atoms with E-state index >= 15 is 0 Å². The van der Waals surface area contributed by atoms with Crippen molar-refractivity contribution in [3.8, 4) is 5.69 Å². The normalized spacial score (nSPS) is 12.2.